The molecule has 130 valence electrons. The van der Waals surface area contributed by atoms with Crippen LogP contribution in [0.4, 0.5) is 0 Å². The van der Waals surface area contributed by atoms with Crippen LogP contribution in [0.15, 0.2) is 35.0 Å². The lowest BCUT2D eigenvalue weighted by molar-refractivity contribution is -0.131. The molecular weight excluding hydrogens is 316 g/mol. The summed E-state index contributed by atoms with van der Waals surface area (Å²) in [5, 5.41) is 5.19. The highest BCUT2D eigenvalue weighted by Crippen LogP contribution is 2.26. The van der Waals surface area contributed by atoms with Gasteiger partial charge in [-0.05, 0) is 24.5 Å². The normalized spacial score (nSPS) is 18.0. The van der Waals surface area contributed by atoms with Crippen molar-refractivity contribution in [2.45, 2.75) is 32.1 Å². The Morgan fingerprint density at radius 1 is 1.36 bits per heavy atom. The van der Waals surface area contributed by atoms with Crippen LogP contribution < -0.4 is 0 Å². The number of piperidine rings is 1. The number of rotatable bonds is 3. The number of carbonyl (C=O) groups is 1. The van der Waals surface area contributed by atoms with E-state index in [1.54, 1.807) is 6.92 Å². The molecule has 1 aliphatic rings. The van der Waals surface area contributed by atoms with E-state index in [1.165, 1.54) is 0 Å². The first-order valence-corrected chi connectivity index (χ1v) is 8.73. The third-order valence-corrected chi connectivity index (χ3v) is 5.00. The summed E-state index contributed by atoms with van der Waals surface area (Å²) in [5.41, 5.74) is 2.24. The first-order valence-electron chi connectivity index (χ1n) is 8.73. The Hall–Kier alpha value is -2.63. The van der Waals surface area contributed by atoms with E-state index < -0.39 is 0 Å². The lowest BCUT2D eigenvalue weighted by atomic mass is 9.96. The van der Waals surface area contributed by atoms with Crippen molar-refractivity contribution in [1.29, 1.82) is 0 Å². The van der Waals surface area contributed by atoms with Crippen LogP contribution in [0.25, 0.3) is 10.9 Å². The molecule has 6 nitrogen and oxygen atoms in total. The van der Waals surface area contributed by atoms with Crippen LogP contribution in [0.2, 0.25) is 0 Å². The van der Waals surface area contributed by atoms with Crippen molar-refractivity contribution >= 4 is 16.8 Å². The molecule has 2 aromatic heterocycles. The van der Waals surface area contributed by atoms with Crippen molar-refractivity contribution < 1.29 is 9.32 Å². The van der Waals surface area contributed by atoms with E-state index in [-0.39, 0.29) is 11.8 Å². The summed E-state index contributed by atoms with van der Waals surface area (Å²) in [6.07, 6.45) is 4.46. The molecule has 25 heavy (non-hydrogen) atoms. The van der Waals surface area contributed by atoms with Gasteiger partial charge in [0, 0.05) is 50.1 Å². The number of nitrogens with zero attached hydrogens (tertiary/aromatic N) is 4. The highest BCUT2D eigenvalue weighted by atomic mass is 16.5. The molecule has 1 saturated heterocycles. The maximum absolute atomic E-state index is 12.9. The van der Waals surface area contributed by atoms with E-state index in [2.05, 4.69) is 33.0 Å². The molecule has 0 N–H and O–H groups in total. The molecule has 0 radical (unpaired) electrons. The number of hydrogen-bond acceptors (Lipinski definition) is 4. The number of aryl methyl sites for hydroxylation is 2. The van der Waals surface area contributed by atoms with Crippen LogP contribution in [0.3, 0.4) is 0 Å². The Morgan fingerprint density at radius 2 is 2.20 bits per heavy atom. The van der Waals surface area contributed by atoms with Gasteiger partial charge in [-0.2, -0.15) is 4.98 Å². The van der Waals surface area contributed by atoms with Crippen LogP contribution in [0.5, 0.6) is 0 Å². The van der Waals surface area contributed by atoms with E-state index >= 15 is 0 Å². The van der Waals surface area contributed by atoms with Gasteiger partial charge in [0.25, 0.3) is 0 Å². The maximum Gasteiger partial charge on any atom is 0.227 e. The van der Waals surface area contributed by atoms with Crippen molar-refractivity contribution in [2.24, 2.45) is 7.05 Å². The first kappa shape index (κ1) is 15.9. The lowest BCUT2D eigenvalue weighted by Gasteiger charge is -2.31. The molecule has 3 aromatic rings. The fraction of sp³-hybridized carbons (Fsp3) is 0.421. The zero-order valence-electron chi connectivity index (χ0n) is 14.6. The molecule has 0 saturated carbocycles. The highest BCUT2D eigenvalue weighted by Gasteiger charge is 2.28. The fourth-order valence-electron chi connectivity index (χ4n) is 3.74. The van der Waals surface area contributed by atoms with Gasteiger partial charge < -0.3 is 14.0 Å². The standard InChI is InChI=1S/C19H22N4O2/c1-13-20-19(21-25-13)14-6-5-9-23(12-14)18(24)10-15-11-22(2)17-8-4-3-7-16(15)17/h3-4,7-8,11,14H,5-6,9-10,12H2,1-2H3/t14-/m0/s1. The average molecular weight is 338 g/mol. The second-order valence-corrected chi connectivity index (χ2v) is 6.81. The van der Waals surface area contributed by atoms with E-state index in [1.807, 2.05) is 24.1 Å². The monoisotopic (exact) mass is 338 g/mol. The van der Waals surface area contributed by atoms with Gasteiger partial charge in [0.1, 0.15) is 0 Å². The molecule has 4 rings (SSSR count). The number of carbonyl (C=O) groups excluding carboxylic acids is 1. The van der Waals surface area contributed by atoms with E-state index in [4.69, 9.17) is 4.52 Å². The maximum atomic E-state index is 12.9. The van der Waals surface area contributed by atoms with Gasteiger partial charge in [-0.15, -0.1) is 0 Å². The predicted octanol–water partition coefficient (Wildman–Crippen LogP) is 2.82. The Kier molecular flexibility index (Phi) is 4.03. The van der Waals surface area contributed by atoms with Crippen LogP contribution in [0.1, 0.15) is 36.0 Å². The minimum Gasteiger partial charge on any atom is -0.350 e. The summed E-state index contributed by atoms with van der Waals surface area (Å²) in [5.74, 6) is 1.64. The molecule has 0 spiro atoms. The molecule has 0 aliphatic carbocycles. The highest BCUT2D eigenvalue weighted by molar-refractivity contribution is 5.89. The molecule has 0 bridgehead atoms. The van der Waals surface area contributed by atoms with Crippen molar-refractivity contribution in [3.8, 4) is 0 Å². The number of fused-ring (bicyclic) bond motifs is 1. The molecule has 1 aliphatic heterocycles. The first-order chi connectivity index (χ1) is 12.1. The number of para-hydroxylation sites is 1. The van der Waals surface area contributed by atoms with Gasteiger partial charge in [-0.3, -0.25) is 4.79 Å². The Morgan fingerprint density at radius 3 is 3.00 bits per heavy atom. The van der Waals surface area contributed by atoms with Crippen LogP contribution in [0, 0.1) is 6.92 Å². The third-order valence-electron chi connectivity index (χ3n) is 5.00. The molecule has 3 heterocycles. The van der Waals surface area contributed by atoms with Crippen LogP contribution >= 0.6 is 0 Å². The van der Waals surface area contributed by atoms with Gasteiger partial charge in [-0.1, -0.05) is 23.4 Å². The minimum absolute atomic E-state index is 0.168. The summed E-state index contributed by atoms with van der Waals surface area (Å²) >= 11 is 0. The van der Waals surface area contributed by atoms with E-state index in [0.29, 0.717) is 18.9 Å². The second kappa shape index (κ2) is 6.35. The molecule has 6 heteroatoms. The predicted molar refractivity (Wildman–Crippen MR) is 94.2 cm³/mol. The van der Waals surface area contributed by atoms with Gasteiger partial charge >= 0.3 is 0 Å². The van der Waals surface area contributed by atoms with Crippen molar-refractivity contribution in [3.05, 3.63) is 47.7 Å². The quantitative estimate of drug-likeness (QED) is 0.737. The number of amides is 1. The van der Waals surface area contributed by atoms with Gasteiger partial charge in [0.2, 0.25) is 11.8 Å². The molecule has 1 atom stereocenters. The smallest absolute Gasteiger partial charge is 0.227 e. The molecule has 1 fully saturated rings. The topological polar surface area (TPSA) is 64.2 Å². The summed E-state index contributed by atoms with van der Waals surface area (Å²) in [7, 11) is 2.02. The SMILES string of the molecule is Cc1nc([C@H]2CCCN(C(=O)Cc3cn(C)c4ccccc34)C2)no1. The number of aromatic nitrogens is 3. The molecule has 1 aromatic carbocycles. The number of hydrogen-bond donors (Lipinski definition) is 0. The van der Waals surface area contributed by atoms with Crippen molar-refractivity contribution in [3.63, 3.8) is 0 Å². The summed E-state index contributed by atoms with van der Waals surface area (Å²) < 4.78 is 7.18. The van der Waals surface area contributed by atoms with Crippen LogP contribution in [-0.2, 0) is 18.3 Å². The van der Waals surface area contributed by atoms with E-state index in [0.717, 1.165) is 41.7 Å². The Balaban J connectivity index is 1.50. The molecule has 0 unspecified atom stereocenters. The summed E-state index contributed by atoms with van der Waals surface area (Å²) in [6, 6.07) is 8.21. The Bertz CT molecular complexity index is 911. The van der Waals surface area contributed by atoms with Crippen molar-refractivity contribution in [1.82, 2.24) is 19.6 Å². The van der Waals surface area contributed by atoms with E-state index in [9.17, 15) is 4.79 Å². The number of likely N-dealkylation sites (tertiary alicyclic amines) is 1. The minimum atomic E-state index is 0.168. The molecular formula is C19H22N4O2. The van der Waals surface area contributed by atoms with Crippen LogP contribution in [-0.4, -0.2) is 38.6 Å². The third kappa shape index (κ3) is 3.04. The zero-order valence-corrected chi connectivity index (χ0v) is 14.6. The number of benzene rings is 1. The lowest BCUT2D eigenvalue weighted by Crippen LogP contribution is -2.40. The largest absolute Gasteiger partial charge is 0.350 e. The Labute approximate surface area is 146 Å². The summed E-state index contributed by atoms with van der Waals surface area (Å²) in [4.78, 5) is 19.1. The zero-order chi connectivity index (χ0) is 17.4. The second-order valence-electron chi connectivity index (χ2n) is 6.81. The average Bonchev–Trinajstić information content (AvgIpc) is 3.20. The summed E-state index contributed by atoms with van der Waals surface area (Å²) in [6.45, 7) is 3.27. The van der Waals surface area contributed by atoms with Gasteiger partial charge in [0.05, 0.1) is 6.42 Å². The van der Waals surface area contributed by atoms with Crippen molar-refractivity contribution in [2.75, 3.05) is 13.1 Å². The van der Waals surface area contributed by atoms with Gasteiger partial charge in [0.15, 0.2) is 5.82 Å². The van der Waals surface area contributed by atoms with Gasteiger partial charge in [-0.25, -0.2) is 0 Å². The fourth-order valence-corrected chi connectivity index (χ4v) is 3.74. The molecule has 1 amide bonds.